The molecule has 9 heteroatoms. The van der Waals surface area contributed by atoms with Gasteiger partial charge in [0.25, 0.3) is 5.91 Å². The standard InChI is InChI=1S/C11H7BrN4O2S2/c1-19-11-15-10(20-16-11)14-9(17)6(5-13)4-7-2-3-8(12)18-7/h2-4H,1H3,(H,14,15,16,17)/b6-4-. The number of rotatable bonds is 4. The number of nitrogens with one attached hydrogen (secondary N) is 1. The van der Waals surface area contributed by atoms with Crippen molar-refractivity contribution in [2.75, 3.05) is 11.6 Å². The summed E-state index contributed by atoms with van der Waals surface area (Å²) in [6.45, 7) is 0. The zero-order valence-corrected chi connectivity index (χ0v) is 13.3. The van der Waals surface area contributed by atoms with Crippen molar-refractivity contribution in [2.45, 2.75) is 5.16 Å². The Morgan fingerprint density at radius 2 is 2.45 bits per heavy atom. The van der Waals surface area contributed by atoms with E-state index < -0.39 is 5.91 Å². The van der Waals surface area contributed by atoms with E-state index in [-0.39, 0.29) is 5.57 Å². The fraction of sp³-hybridized carbons (Fsp3) is 0.0909. The summed E-state index contributed by atoms with van der Waals surface area (Å²) < 4.78 is 9.75. The lowest BCUT2D eigenvalue weighted by molar-refractivity contribution is -0.112. The van der Waals surface area contributed by atoms with Crippen LogP contribution in [0, 0.1) is 11.3 Å². The summed E-state index contributed by atoms with van der Waals surface area (Å²) in [5.41, 5.74) is -0.0762. The van der Waals surface area contributed by atoms with Crippen LogP contribution in [0.4, 0.5) is 5.13 Å². The van der Waals surface area contributed by atoms with E-state index in [4.69, 9.17) is 9.68 Å². The Kier molecular flexibility index (Phi) is 4.94. The van der Waals surface area contributed by atoms with Gasteiger partial charge in [0, 0.05) is 17.6 Å². The lowest BCUT2D eigenvalue weighted by Crippen LogP contribution is -2.13. The molecule has 0 radical (unpaired) electrons. The Morgan fingerprint density at radius 1 is 1.65 bits per heavy atom. The third kappa shape index (κ3) is 3.69. The van der Waals surface area contributed by atoms with Crippen molar-refractivity contribution < 1.29 is 9.21 Å². The highest BCUT2D eigenvalue weighted by Crippen LogP contribution is 2.19. The van der Waals surface area contributed by atoms with E-state index in [9.17, 15) is 4.79 Å². The second-order valence-electron chi connectivity index (χ2n) is 3.35. The molecule has 0 fully saturated rings. The number of carbonyl (C=O) groups is 1. The molecule has 0 bridgehead atoms. The van der Waals surface area contributed by atoms with Gasteiger partial charge in [-0.25, -0.2) is 0 Å². The summed E-state index contributed by atoms with van der Waals surface area (Å²) >= 11 is 5.58. The quantitative estimate of drug-likeness (QED) is 0.504. The first-order chi connectivity index (χ1) is 9.62. The molecular weight excluding hydrogens is 364 g/mol. The molecule has 0 aliphatic rings. The van der Waals surface area contributed by atoms with Gasteiger partial charge in [-0.1, -0.05) is 11.8 Å². The first-order valence-electron chi connectivity index (χ1n) is 5.18. The Labute approximate surface area is 131 Å². The van der Waals surface area contributed by atoms with Crippen LogP contribution in [0.1, 0.15) is 5.76 Å². The third-order valence-electron chi connectivity index (χ3n) is 2.06. The number of aromatic nitrogens is 2. The molecule has 2 heterocycles. The SMILES string of the molecule is CSc1nsc(NC(=O)/C(C#N)=C\c2ccc(Br)o2)n1. The van der Waals surface area contributed by atoms with Crippen molar-refractivity contribution >= 4 is 56.3 Å². The van der Waals surface area contributed by atoms with Gasteiger partial charge in [-0.05, 0) is 34.3 Å². The molecule has 1 N–H and O–H groups in total. The number of nitrogens with zero attached hydrogens (tertiary/aromatic N) is 3. The number of halogens is 1. The molecule has 0 atom stereocenters. The van der Waals surface area contributed by atoms with E-state index in [1.807, 2.05) is 12.3 Å². The molecule has 0 saturated carbocycles. The first-order valence-corrected chi connectivity index (χ1v) is 7.97. The zero-order valence-electron chi connectivity index (χ0n) is 10.1. The van der Waals surface area contributed by atoms with Crippen LogP contribution in [0.3, 0.4) is 0 Å². The van der Waals surface area contributed by atoms with E-state index >= 15 is 0 Å². The van der Waals surface area contributed by atoms with Crippen LogP contribution in [0.25, 0.3) is 6.08 Å². The van der Waals surface area contributed by atoms with Gasteiger partial charge >= 0.3 is 0 Å². The minimum Gasteiger partial charge on any atom is -0.450 e. The summed E-state index contributed by atoms with van der Waals surface area (Å²) in [6.07, 6.45) is 3.19. The molecule has 1 amide bonds. The fourth-order valence-corrected chi connectivity index (χ4v) is 2.65. The van der Waals surface area contributed by atoms with E-state index in [2.05, 4.69) is 30.6 Å². The normalized spacial score (nSPS) is 11.2. The zero-order chi connectivity index (χ0) is 14.5. The van der Waals surface area contributed by atoms with Gasteiger partial charge in [-0.2, -0.15) is 14.6 Å². The monoisotopic (exact) mass is 370 g/mol. The predicted molar refractivity (Wildman–Crippen MR) is 80.3 cm³/mol. The van der Waals surface area contributed by atoms with Gasteiger partial charge in [0.15, 0.2) is 4.67 Å². The lowest BCUT2D eigenvalue weighted by atomic mass is 10.2. The van der Waals surface area contributed by atoms with Crippen molar-refractivity contribution in [1.29, 1.82) is 5.26 Å². The molecule has 0 unspecified atom stereocenters. The van der Waals surface area contributed by atoms with Gasteiger partial charge in [0.1, 0.15) is 17.4 Å². The summed E-state index contributed by atoms with van der Waals surface area (Å²) in [4.78, 5) is 16.0. The highest BCUT2D eigenvalue weighted by molar-refractivity contribution is 9.10. The van der Waals surface area contributed by atoms with E-state index in [1.54, 1.807) is 12.1 Å². The van der Waals surface area contributed by atoms with E-state index in [0.717, 1.165) is 11.5 Å². The van der Waals surface area contributed by atoms with Gasteiger partial charge in [-0.15, -0.1) is 0 Å². The highest BCUT2D eigenvalue weighted by Gasteiger charge is 2.13. The molecule has 20 heavy (non-hydrogen) atoms. The fourth-order valence-electron chi connectivity index (χ4n) is 1.20. The number of nitriles is 1. The molecule has 0 saturated heterocycles. The van der Waals surface area contributed by atoms with E-state index in [1.165, 1.54) is 17.8 Å². The number of carbonyl (C=O) groups excluding carboxylic acids is 1. The molecule has 2 aromatic heterocycles. The summed E-state index contributed by atoms with van der Waals surface area (Å²) in [5.74, 6) is -0.144. The summed E-state index contributed by atoms with van der Waals surface area (Å²) in [5, 5.41) is 12.5. The van der Waals surface area contributed by atoms with Crippen LogP contribution in [0.5, 0.6) is 0 Å². The molecule has 0 aliphatic heterocycles. The molecule has 2 aromatic rings. The van der Waals surface area contributed by atoms with Crippen molar-refractivity contribution in [2.24, 2.45) is 0 Å². The van der Waals surface area contributed by atoms with Crippen LogP contribution >= 0.6 is 39.2 Å². The number of thioether (sulfide) groups is 1. The smallest absolute Gasteiger partial charge is 0.268 e. The van der Waals surface area contributed by atoms with Gasteiger partial charge in [-0.3, -0.25) is 10.1 Å². The van der Waals surface area contributed by atoms with Crippen molar-refractivity contribution in [3.8, 4) is 6.07 Å². The van der Waals surface area contributed by atoms with Crippen LogP contribution < -0.4 is 5.32 Å². The van der Waals surface area contributed by atoms with Crippen molar-refractivity contribution in [3.05, 3.63) is 28.1 Å². The second kappa shape index (κ2) is 6.69. The topological polar surface area (TPSA) is 91.8 Å². The minimum absolute atomic E-state index is 0.0762. The average molecular weight is 371 g/mol. The number of hydrogen-bond acceptors (Lipinski definition) is 7. The largest absolute Gasteiger partial charge is 0.450 e. The Balaban J connectivity index is 2.13. The molecular formula is C11H7BrN4O2S2. The Bertz CT molecular complexity index is 701. The van der Waals surface area contributed by atoms with Crippen molar-refractivity contribution in [3.63, 3.8) is 0 Å². The summed E-state index contributed by atoms with van der Waals surface area (Å²) in [7, 11) is 0. The molecule has 6 nitrogen and oxygen atoms in total. The summed E-state index contributed by atoms with van der Waals surface area (Å²) in [6, 6.07) is 5.14. The van der Waals surface area contributed by atoms with Crippen LogP contribution in [-0.4, -0.2) is 21.5 Å². The number of furan rings is 1. The maximum Gasteiger partial charge on any atom is 0.268 e. The third-order valence-corrected chi connectivity index (χ3v) is 3.78. The molecule has 2 rings (SSSR count). The Morgan fingerprint density at radius 3 is 3.00 bits per heavy atom. The van der Waals surface area contributed by atoms with E-state index in [0.29, 0.717) is 20.7 Å². The van der Waals surface area contributed by atoms with Gasteiger partial charge < -0.3 is 4.42 Å². The Hall–Kier alpha value is -1.63. The maximum atomic E-state index is 11.9. The maximum absolute atomic E-state index is 11.9. The lowest BCUT2D eigenvalue weighted by Gasteiger charge is -1.98. The molecule has 0 spiro atoms. The van der Waals surface area contributed by atoms with Crippen LogP contribution in [0.2, 0.25) is 0 Å². The van der Waals surface area contributed by atoms with Gasteiger partial charge in [0.05, 0.1) is 0 Å². The molecule has 102 valence electrons. The van der Waals surface area contributed by atoms with Crippen LogP contribution in [0.15, 0.2) is 31.9 Å². The molecule has 0 aromatic carbocycles. The van der Waals surface area contributed by atoms with Crippen LogP contribution in [-0.2, 0) is 4.79 Å². The minimum atomic E-state index is -0.552. The number of anilines is 1. The number of hydrogen-bond donors (Lipinski definition) is 1. The number of amides is 1. The van der Waals surface area contributed by atoms with Crippen molar-refractivity contribution in [1.82, 2.24) is 9.36 Å². The average Bonchev–Trinajstić information content (AvgIpc) is 3.04. The van der Waals surface area contributed by atoms with Gasteiger partial charge in [0.2, 0.25) is 10.3 Å². The molecule has 0 aliphatic carbocycles. The second-order valence-corrected chi connectivity index (χ2v) is 5.66. The highest BCUT2D eigenvalue weighted by atomic mass is 79.9. The predicted octanol–water partition coefficient (Wildman–Crippen LogP) is 3.16. The first kappa shape index (κ1) is 14.8.